The molecule has 116 valence electrons. The van der Waals surface area contributed by atoms with Gasteiger partial charge in [0.15, 0.2) is 0 Å². The number of aryl methyl sites for hydroxylation is 2. The molecule has 4 nitrogen and oxygen atoms in total. The van der Waals surface area contributed by atoms with Crippen molar-refractivity contribution in [3.8, 4) is 0 Å². The molecule has 3 rings (SSSR count). The summed E-state index contributed by atoms with van der Waals surface area (Å²) in [7, 11) is 1.95. The van der Waals surface area contributed by atoms with Crippen molar-refractivity contribution in [3.63, 3.8) is 0 Å². The zero-order chi connectivity index (χ0) is 15.0. The highest BCUT2D eigenvalue weighted by Gasteiger charge is 2.35. The van der Waals surface area contributed by atoms with Crippen LogP contribution in [0.2, 0.25) is 0 Å². The first-order valence-electron chi connectivity index (χ1n) is 8.36. The van der Waals surface area contributed by atoms with E-state index < -0.39 is 0 Å². The van der Waals surface area contributed by atoms with Gasteiger partial charge in [0.1, 0.15) is 0 Å². The van der Waals surface area contributed by atoms with Crippen molar-refractivity contribution in [1.82, 2.24) is 14.7 Å². The van der Waals surface area contributed by atoms with E-state index in [-0.39, 0.29) is 0 Å². The van der Waals surface area contributed by atoms with Gasteiger partial charge in [0.05, 0.1) is 12.1 Å². The molecule has 1 aliphatic heterocycles. The summed E-state index contributed by atoms with van der Waals surface area (Å²) in [6.07, 6.45) is 8.19. The fourth-order valence-electron chi connectivity index (χ4n) is 4.26. The number of fused-ring (bicyclic) bond motifs is 1. The van der Waals surface area contributed by atoms with Crippen LogP contribution in [0, 0.1) is 19.8 Å². The number of carbonyl (C=O) groups is 1. The van der Waals surface area contributed by atoms with Gasteiger partial charge in [-0.15, -0.1) is 0 Å². The quantitative estimate of drug-likeness (QED) is 0.839. The van der Waals surface area contributed by atoms with E-state index in [1.807, 2.05) is 18.7 Å². The SMILES string of the molecule is Cc1nn(C)c(C)c1CC(=O)N1CCC[C@H]2CCCC[C@H]21. The molecule has 2 atom stereocenters. The lowest BCUT2D eigenvalue weighted by atomic mass is 9.78. The van der Waals surface area contributed by atoms with E-state index >= 15 is 0 Å². The van der Waals surface area contributed by atoms with Gasteiger partial charge in [-0.25, -0.2) is 0 Å². The van der Waals surface area contributed by atoms with Crippen molar-refractivity contribution in [2.75, 3.05) is 6.54 Å². The summed E-state index contributed by atoms with van der Waals surface area (Å²) in [5.74, 6) is 1.07. The van der Waals surface area contributed by atoms with Gasteiger partial charge >= 0.3 is 0 Å². The molecular weight excluding hydrogens is 262 g/mol. The number of amides is 1. The van der Waals surface area contributed by atoms with Crippen molar-refractivity contribution in [3.05, 3.63) is 17.0 Å². The first-order chi connectivity index (χ1) is 10.1. The van der Waals surface area contributed by atoms with Crippen molar-refractivity contribution >= 4 is 5.91 Å². The predicted octanol–water partition coefficient (Wildman–Crippen LogP) is 2.76. The Morgan fingerprint density at radius 2 is 1.90 bits per heavy atom. The van der Waals surface area contributed by atoms with Crippen molar-refractivity contribution in [1.29, 1.82) is 0 Å². The van der Waals surface area contributed by atoms with Crippen molar-refractivity contribution in [2.45, 2.75) is 64.8 Å². The summed E-state index contributed by atoms with van der Waals surface area (Å²) in [6.45, 7) is 5.02. The molecule has 1 amide bonds. The maximum Gasteiger partial charge on any atom is 0.227 e. The average Bonchev–Trinajstić information content (AvgIpc) is 2.73. The topological polar surface area (TPSA) is 38.1 Å². The Morgan fingerprint density at radius 1 is 1.19 bits per heavy atom. The Bertz CT molecular complexity index is 532. The molecule has 0 spiro atoms. The fourth-order valence-corrected chi connectivity index (χ4v) is 4.26. The lowest BCUT2D eigenvalue weighted by Gasteiger charge is -2.44. The number of aromatic nitrogens is 2. The van der Waals surface area contributed by atoms with Crippen molar-refractivity contribution in [2.24, 2.45) is 13.0 Å². The Kier molecular flexibility index (Phi) is 4.05. The van der Waals surface area contributed by atoms with Crippen LogP contribution in [0.15, 0.2) is 0 Å². The van der Waals surface area contributed by atoms with Crippen LogP contribution in [0.25, 0.3) is 0 Å². The Balaban J connectivity index is 1.75. The zero-order valence-electron chi connectivity index (χ0n) is 13.6. The summed E-state index contributed by atoms with van der Waals surface area (Å²) in [5, 5.41) is 4.44. The van der Waals surface area contributed by atoms with Crippen LogP contribution >= 0.6 is 0 Å². The van der Waals surface area contributed by atoms with E-state index in [1.165, 1.54) is 38.5 Å². The van der Waals surface area contributed by atoms with Crippen LogP contribution < -0.4 is 0 Å². The smallest absolute Gasteiger partial charge is 0.227 e. The Hall–Kier alpha value is -1.32. The summed E-state index contributed by atoms with van der Waals surface area (Å²) in [4.78, 5) is 15.0. The van der Waals surface area contributed by atoms with E-state index in [4.69, 9.17) is 0 Å². The van der Waals surface area contributed by atoms with Crippen LogP contribution in [0.4, 0.5) is 0 Å². The average molecular weight is 289 g/mol. The molecule has 0 unspecified atom stereocenters. The van der Waals surface area contributed by atoms with E-state index in [1.54, 1.807) is 0 Å². The van der Waals surface area contributed by atoms with Gasteiger partial charge in [-0.05, 0) is 45.4 Å². The minimum atomic E-state index is 0.311. The minimum absolute atomic E-state index is 0.311. The third-order valence-corrected chi connectivity index (χ3v) is 5.55. The Morgan fingerprint density at radius 3 is 2.62 bits per heavy atom. The van der Waals surface area contributed by atoms with Crippen LogP contribution in [-0.4, -0.2) is 33.2 Å². The van der Waals surface area contributed by atoms with Crippen LogP contribution in [0.3, 0.4) is 0 Å². The number of hydrogen-bond donors (Lipinski definition) is 0. The minimum Gasteiger partial charge on any atom is -0.339 e. The molecule has 0 N–H and O–H groups in total. The van der Waals surface area contributed by atoms with E-state index in [0.717, 1.165) is 29.4 Å². The highest BCUT2D eigenvalue weighted by Crippen LogP contribution is 2.35. The first-order valence-corrected chi connectivity index (χ1v) is 8.36. The van der Waals surface area contributed by atoms with E-state index in [0.29, 0.717) is 18.4 Å². The summed E-state index contributed by atoms with van der Waals surface area (Å²) < 4.78 is 1.89. The highest BCUT2D eigenvalue weighted by atomic mass is 16.2. The summed E-state index contributed by atoms with van der Waals surface area (Å²) >= 11 is 0. The normalized spacial score (nSPS) is 25.8. The Labute approximate surface area is 127 Å². The molecule has 2 heterocycles. The summed E-state index contributed by atoms with van der Waals surface area (Å²) in [5.41, 5.74) is 3.25. The lowest BCUT2D eigenvalue weighted by molar-refractivity contribution is -0.136. The second kappa shape index (κ2) is 5.82. The maximum absolute atomic E-state index is 12.8. The molecule has 21 heavy (non-hydrogen) atoms. The molecule has 4 heteroatoms. The molecule has 1 aromatic rings. The molecule has 2 aliphatic rings. The number of rotatable bonds is 2. The number of nitrogens with zero attached hydrogens (tertiary/aromatic N) is 3. The van der Waals surface area contributed by atoms with Crippen LogP contribution in [-0.2, 0) is 18.3 Å². The molecule has 2 fully saturated rings. The monoisotopic (exact) mass is 289 g/mol. The van der Waals surface area contributed by atoms with Gasteiger partial charge in [-0.3, -0.25) is 9.48 Å². The van der Waals surface area contributed by atoms with E-state index in [2.05, 4.69) is 16.9 Å². The molecule has 1 saturated heterocycles. The molecule has 1 aliphatic carbocycles. The maximum atomic E-state index is 12.8. The van der Waals surface area contributed by atoms with Gasteiger partial charge in [0.25, 0.3) is 0 Å². The fraction of sp³-hybridized carbons (Fsp3) is 0.765. The highest BCUT2D eigenvalue weighted by molar-refractivity contribution is 5.79. The predicted molar refractivity (Wildman–Crippen MR) is 83.1 cm³/mol. The zero-order valence-corrected chi connectivity index (χ0v) is 13.6. The third kappa shape index (κ3) is 2.72. The molecule has 1 saturated carbocycles. The number of likely N-dealkylation sites (tertiary alicyclic amines) is 1. The molecule has 0 bridgehead atoms. The third-order valence-electron chi connectivity index (χ3n) is 5.55. The van der Waals surface area contributed by atoms with E-state index in [9.17, 15) is 4.79 Å². The number of piperidine rings is 1. The summed E-state index contributed by atoms with van der Waals surface area (Å²) in [6, 6.07) is 0.511. The van der Waals surface area contributed by atoms with Gasteiger partial charge in [0.2, 0.25) is 5.91 Å². The lowest BCUT2D eigenvalue weighted by Crippen LogP contribution is -2.50. The van der Waals surface area contributed by atoms with Crippen molar-refractivity contribution < 1.29 is 4.79 Å². The molecule has 0 aromatic carbocycles. The van der Waals surface area contributed by atoms with Gasteiger partial charge in [0, 0.05) is 30.9 Å². The molecule has 0 radical (unpaired) electrons. The first kappa shape index (κ1) is 14.6. The van der Waals surface area contributed by atoms with Gasteiger partial charge < -0.3 is 4.90 Å². The van der Waals surface area contributed by atoms with Gasteiger partial charge in [-0.2, -0.15) is 5.10 Å². The number of carbonyl (C=O) groups excluding carboxylic acids is 1. The van der Waals surface area contributed by atoms with Crippen LogP contribution in [0.1, 0.15) is 55.5 Å². The number of hydrogen-bond acceptors (Lipinski definition) is 2. The van der Waals surface area contributed by atoms with Gasteiger partial charge in [-0.1, -0.05) is 12.8 Å². The second-order valence-corrected chi connectivity index (χ2v) is 6.79. The molecule has 1 aromatic heterocycles. The van der Waals surface area contributed by atoms with Crippen LogP contribution in [0.5, 0.6) is 0 Å². The largest absolute Gasteiger partial charge is 0.339 e. The standard InChI is InChI=1S/C17H27N3O/c1-12-15(13(2)19(3)18-12)11-17(21)20-10-6-8-14-7-4-5-9-16(14)20/h14,16H,4-11H2,1-3H3/t14-,16-/m1/s1. The second-order valence-electron chi connectivity index (χ2n) is 6.79. The molecular formula is C17H27N3O.